The van der Waals surface area contributed by atoms with Crippen molar-refractivity contribution < 1.29 is 9.72 Å². The monoisotopic (exact) mass is 340 g/mol. The van der Waals surface area contributed by atoms with Gasteiger partial charge in [-0.3, -0.25) is 14.9 Å². The summed E-state index contributed by atoms with van der Waals surface area (Å²) in [6.07, 6.45) is 3.08. The molecule has 2 N–H and O–H groups in total. The van der Waals surface area contributed by atoms with E-state index in [0.29, 0.717) is 11.7 Å². The van der Waals surface area contributed by atoms with Crippen molar-refractivity contribution in [1.82, 2.24) is 10.2 Å². The van der Waals surface area contributed by atoms with Crippen LogP contribution in [-0.2, 0) is 4.79 Å². The van der Waals surface area contributed by atoms with Gasteiger partial charge in [0, 0.05) is 24.7 Å². The third kappa shape index (κ3) is 3.73. The zero-order chi connectivity index (χ0) is 15.5. The Balaban J connectivity index is 0.00000192. The quantitative estimate of drug-likeness (QED) is 0.644. The molecule has 2 unspecified atom stereocenters. The highest BCUT2D eigenvalue weighted by Gasteiger charge is 2.37. The molecule has 2 atom stereocenters. The average molecular weight is 341 g/mol. The number of nitrogens with zero attached hydrogens (tertiary/aromatic N) is 2. The molecule has 1 aromatic carbocycles. The molecule has 0 radical (unpaired) electrons. The van der Waals surface area contributed by atoms with Gasteiger partial charge in [0.2, 0.25) is 5.91 Å². The SMILES string of the molecule is Cl.O=C(CNc1ccccc1[N+](=O)[O-])N1C2CCNCC1CC2. The van der Waals surface area contributed by atoms with Crippen LogP contribution in [0.4, 0.5) is 11.4 Å². The van der Waals surface area contributed by atoms with Gasteiger partial charge in [-0.1, -0.05) is 12.1 Å². The number of benzene rings is 1. The number of amides is 1. The Morgan fingerprint density at radius 1 is 1.30 bits per heavy atom. The van der Waals surface area contributed by atoms with Crippen molar-refractivity contribution in [2.45, 2.75) is 31.3 Å². The van der Waals surface area contributed by atoms with Crippen molar-refractivity contribution in [3.63, 3.8) is 0 Å². The normalized spacial score (nSPS) is 22.9. The van der Waals surface area contributed by atoms with Crippen LogP contribution in [0.15, 0.2) is 24.3 Å². The van der Waals surface area contributed by atoms with Crippen LogP contribution in [0.1, 0.15) is 19.3 Å². The lowest BCUT2D eigenvalue weighted by atomic mass is 10.1. The largest absolute Gasteiger partial charge is 0.371 e. The van der Waals surface area contributed by atoms with Crippen molar-refractivity contribution in [3.8, 4) is 0 Å². The minimum absolute atomic E-state index is 0. The zero-order valence-corrected chi connectivity index (χ0v) is 13.6. The molecule has 2 bridgehead atoms. The molecule has 0 spiro atoms. The Bertz CT molecular complexity index is 570. The average Bonchev–Trinajstić information content (AvgIpc) is 2.78. The van der Waals surface area contributed by atoms with E-state index >= 15 is 0 Å². The highest BCUT2D eigenvalue weighted by Crippen LogP contribution is 2.28. The number of hydrogen-bond donors (Lipinski definition) is 2. The number of fused-ring (bicyclic) bond motifs is 2. The van der Waals surface area contributed by atoms with E-state index in [1.807, 2.05) is 4.90 Å². The second-order valence-electron chi connectivity index (χ2n) is 5.81. The third-order valence-corrected chi connectivity index (χ3v) is 4.47. The number of para-hydroxylation sites is 2. The summed E-state index contributed by atoms with van der Waals surface area (Å²) in [7, 11) is 0. The number of carbonyl (C=O) groups is 1. The summed E-state index contributed by atoms with van der Waals surface area (Å²) in [6.45, 7) is 1.88. The Hall–Kier alpha value is -1.86. The van der Waals surface area contributed by atoms with Gasteiger partial charge in [-0.2, -0.15) is 0 Å². The molecular weight excluding hydrogens is 320 g/mol. The lowest BCUT2D eigenvalue weighted by Crippen LogP contribution is -2.45. The van der Waals surface area contributed by atoms with Gasteiger partial charge in [-0.05, 0) is 31.9 Å². The van der Waals surface area contributed by atoms with E-state index in [1.165, 1.54) is 6.07 Å². The van der Waals surface area contributed by atoms with E-state index in [1.54, 1.807) is 18.2 Å². The molecule has 3 rings (SSSR count). The van der Waals surface area contributed by atoms with E-state index in [9.17, 15) is 14.9 Å². The van der Waals surface area contributed by atoms with Gasteiger partial charge in [0.15, 0.2) is 0 Å². The summed E-state index contributed by atoms with van der Waals surface area (Å²) >= 11 is 0. The molecule has 8 heteroatoms. The van der Waals surface area contributed by atoms with Gasteiger partial charge >= 0.3 is 0 Å². The Kier molecular flexibility index (Phi) is 5.79. The van der Waals surface area contributed by atoms with Gasteiger partial charge in [-0.25, -0.2) is 0 Å². The summed E-state index contributed by atoms with van der Waals surface area (Å²) in [4.78, 5) is 25.1. The first-order valence-electron chi connectivity index (χ1n) is 7.66. The molecule has 2 aliphatic heterocycles. The maximum atomic E-state index is 12.5. The predicted octanol–water partition coefficient (Wildman–Crippen LogP) is 1.78. The molecule has 2 aliphatic rings. The van der Waals surface area contributed by atoms with E-state index in [0.717, 1.165) is 32.4 Å². The van der Waals surface area contributed by atoms with Crippen molar-refractivity contribution in [1.29, 1.82) is 0 Å². The Morgan fingerprint density at radius 2 is 2.04 bits per heavy atom. The molecule has 126 valence electrons. The van der Waals surface area contributed by atoms with Crippen LogP contribution in [0.25, 0.3) is 0 Å². The molecule has 1 amide bonds. The van der Waals surface area contributed by atoms with Crippen molar-refractivity contribution in [3.05, 3.63) is 34.4 Å². The number of nitrogens with one attached hydrogen (secondary N) is 2. The fraction of sp³-hybridized carbons (Fsp3) is 0.533. The summed E-state index contributed by atoms with van der Waals surface area (Å²) in [5.74, 6) is 0.0225. The molecule has 2 saturated heterocycles. The summed E-state index contributed by atoms with van der Waals surface area (Å²) in [5, 5.41) is 17.3. The van der Waals surface area contributed by atoms with Crippen LogP contribution in [0, 0.1) is 10.1 Å². The fourth-order valence-electron chi connectivity index (χ4n) is 3.43. The predicted molar refractivity (Wildman–Crippen MR) is 90.0 cm³/mol. The van der Waals surface area contributed by atoms with Gasteiger partial charge in [-0.15, -0.1) is 12.4 Å². The molecule has 2 fully saturated rings. The van der Waals surface area contributed by atoms with Gasteiger partial charge in [0.25, 0.3) is 5.69 Å². The maximum Gasteiger partial charge on any atom is 0.292 e. The smallest absolute Gasteiger partial charge is 0.292 e. The van der Waals surface area contributed by atoms with E-state index in [4.69, 9.17) is 0 Å². The van der Waals surface area contributed by atoms with Crippen LogP contribution in [0.3, 0.4) is 0 Å². The maximum absolute atomic E-state index is 12.5. The number of carbonyl (C=O) groups excluding carboxylic acids is 1. The van der Waals surface area contributed by atoms with E-state index in [-0.39, 0.29) is 36.6 Å². The van der Waals surface area contributed by atoms with Crippen molar-refractivity contribution in [2.24, 2.45) is 0 Å². The molecule has 7 nitrogen and oxygen atoms in total. The fourth-order valence-corrected chi connectivity index (χ4v) is 3.43. The lowest BCUT2D eigenvalue weighted by Gasteiger charge is -2.28. The molecule has 23 heavy (non-hydrogen) atoms. The third-order valence-electron chi connectivity index (χ3n) is 4.47. The number of rotatable bonds is 4. The molecule has 2 heterocycles. The highest BCUT2D eigenvalue weighted by atomic mass is 35.5. The molecule has 1 aromatic rings. The van der Waals surface area contributed by atoms with Crippen LogP contribution < -0.4 is 10.6 Å². The molecular formula is C15H21ClN4O3. The zero-order valence-electron chi connectivity index (χ0n) is 12.7. The van der Waals surface area contributed by atoms with Crippen LogP contribution in [-0.4, -0.2) is 47.4 Å². The minimum Gasteiger partial charge on any atom is -0.371 e. The van der Waals surface area contributed by atoms with Crippen LogP contribution in [0.2, 0.25) is 0 Å². The first-order valence-corrected chi connectivity index (χ1v) is 7.66. The number of anilines is 1. The molecule has 0 aromatic heterocycles. The second-order valence-corrected chi connectivity index (χ2v) is 5.81. The van der Waals surface area contributed by atoms with E-state index < -0.39 is 4.92 Å². The first-order chi connectivity index (χ1) is 10.7. The highest BCUT2D eigenvalue weighted by molar-refractivity contribution is 5.85. The topological polar surface area (TPSA) is 87.5 Å². The standard InChI is InChI=1S/C15H20N4O3.ClH/c20-15(18-11-5-6-12(18)9-16-8-7-11)10-17-13-3-1-2-4-14(13)19(21)22;/h1-4,11-12,16-17H,5-10H2;1H. The van der Waals surface area contributed by atoms with Gasteiger partial charge in [0.1, 0.15) is 5.69 Å². The molecule has 0 saturated carbocycles. The van der Waals surface area contributed by atoms with Crippen LogP contribution >= 0.6 is 12.4 Å². The van der Waals surface area contributed by atoms with Crippen molar-refractivity contribution >= 4 is 29.7 Å². The second kappa shape index (κ2) is 7.61. The number of hydrogen-bond acceptors (Lipinski definition) is 5. The number of halogens is 1. The van der Waals surface area contributed by atoms with Gasteiger partial charge in [0.05, 0.1) is 11.5 Å². The summed E-state index contributed by atoms with van der Waals surface area (Å²) in [6, 6.07) is 6.97. The molecule has 0 aliphatic carbocycles. The van der Waals surface area contributed by atoms with Crippen LogP contribution in [0.5, 0.6) is 0 Å². The number of nitro benzene ring substituents is 1. The summed E-state index contributed by atoms with van der Waals surface area (Å²) in [5.41, 5.74) is 0.386. The van der Waals surface area contributed by atoms with Gasteiger partial charge < -0.3 is 15.5 Å². The van der Waals surface area contributed by atoms with Crippen molar-refractivity contribution in [2.75, 3.05) is 25.0 Å². The Labute approximate surface area is 141 Å². The number of nitro groups is 1. The summed E-state index contributed by atoms with van der Waals surface area (Å²) < 4.78 is 0. The lowest BCUT2D eigenvalue weighted by molar-refractivity contribution is -0.383. The first kappa shape index (κ1) is 17.5. The Morgan fingerprint density at radius 3 is 2.83 bits per heavy atom. The van der Waals surface area contributed by atoms with E-state index in [2.05, 4.69) is 10.6 Å². The minimum atomic E-state index is -0.438.